The monoisotopic (exact) mass is 286 g/mol. The summed E-state index contributed by atoms with van der Waals surface area (Å²) in [6.45, 7) is -0.128. The van der Waals surface area contributed by atoms with Crippen molar-refractivity contribution in [3.05, 3.63) is 24.5 Å². The number of aliphatic hydroxyl groups excluding tert-OH is 1. The van der Waals surface area contributed by atoms with Crippen molar-refractivity contribution in [3.63, 3.8) is 0 Å². The van der Waals surface area contributed by atoms with Crippen molar-refractivity contribution in [2.75, 3.05) is 13.7 Å². The lowest BCUT2D eigenvalue weighted by atomic mass is 10.2. The van der Waals surface area contributed by atoms with Crippen LogP contribution in [0.25, 0.3) is 0 Å². The fourth-order valence-electron chi connectivity index (χ4n) is 2.04. The number of β-amino-alcohol motifs (C(OH)–C–C–N with tert-alkyl or cyclic N) is 1. The number of pyridine rings is 1. The van der Waals surface area contributed by atoms with Gasteiger partial charge in [0.2, 0.25) is 10.0 Å². The van der Waals surface area contributed by atoms with E-state index in [0.717, 1.165) is 4.31 Å². The van der Waals surface area contributed by atoms with Gasteiger partial charge >= 0.3 is 5.97 Å². The van der Waals surface area contributed by atoms with Crippen LogP contribution in [-0.4, -0.2) is 54.6 Å². The van der Waals surface area contributed by atoms with Gasteiger partial charge in [0, 0.05) is 25.4 Å². The molecule has 1 aromatic heterocycles. The molecule has 1 aliphatic rings. The fourth-order valence-corrected chi connectivity index (χ4v) is 3.63. The highest BCUT2D eigenvalue weighted by Crippen LogP contribution is 2.26. The summed E-state index contributed by atoms with van der Waals surface area (Å²) in [6, 6.07) is 1.89. The van der Waals surface area contributed by atoms with Gasteiger partial charge in [0.15, 0.2) is 0 Å². The maximum Gasteiger partial charge on any atom is 0.324 e. The van der Waals surface area contributed by atoms with Gasteiger partial charge in [-0.1, -0.05) is 0 Å². The third-order valence-electron chi connectivity index (χ3n) is 2.95. The molecule has 0 aliphatic carbocycles. The molecule has 2 heterocycles. The Balaban J connectivity index is 2.36. The van der Waals surface area contributed by atoms with Crippen molar-refractivity contribution < 1.29 is 23.1 Å². The van der Waals surface area contributed by atoms with Crippen molar-refractivity contribution in [2.45, 2.75) is 23.5 Å². The number of carbonyl (C=O) groups excluding carboxylic acids is 1. The van der Waals surface area contributed by atoms with E-state index in [4.69, 9.17) is 0 Å². The largest absolute Gasteiger partial charge is 0.468 e. The third kappa shape index (κ3) is 2.60. The third-order valence-corrected chi connectivity index (χ3v) is 4.81. The number of ether oxygens (including phenoxy) is 1. The van der Waals surface area contributed by atoms with Gasteiger partial charge < -0.3 is 9.84 Å². The number of hydrogen-bond donors (Lipinski definition) is 1. The number of hydrogen-bond acceptors (Lipinski definition) is 6. The van der Waals surface area contributed by atoms with E-state index in [1.165, 1.54) is 31.6 Å². The number of carbonyl (C=O) groups is 1. The van der Waals surface area contributed by atoms with Gasteiger partial charge in [-0.15, -0.1) is 0 Å². The zero-order valence-corrected chi connectivity index (χ0v) is 11.1. The van der Waals surface area contributed by atoms with E-state index < -0.39 is 28.1 Å². The summed E-state index contributed by atoms with van der Waals surface area (Å²) in [6.07, 6.45) is 1.81. The average molecular weight is 286 g/mol. The number of esters is 1. The van der Waals surface area contributed by atoms with Gasteiger partial charge in [-0.25, -0.2) is 8.42 Å². The first-order chi connectivity index (χ1) is 8.96. The van der Waals surface area contributed by atoms with Crippen molar-refractivity contribution in [1.29, 1.82) is 0 Å². The molecule has 0 radical (unpaired) electrons. The van der Waals surface area contributed by atoms with Gasteiger partial charge in [-0.05, 0) is 12.1 Å². The average Bonchev–Trinajstić information content (AvgIpc) is 2.81. The van der Waals surface area contributed by atoms with Gasteiger partial charge in [-0.3, -0.25) is 9.78 Å². The van der Waals surface area contributed by atoms with Crippen LogP contribution in [0.4, 0.5) is 0 Å². The van der Waals surface area contributed by atoms with Gasteiger partial charge in [0.05, 0.1) is 13.2 Å². The molecule has 0 amide bonds. The van der Waals surface area contributed by atoms with Crippen LogP contribution >= 0.6 is 0 Å². The van der Waals surface area contributed by atoms with Gasteiger partial charge in [0.1, 0.15) is 10.9 Å². The van der Waals surface area contributed by atoms with E-state index in [-0.39, 0.29) is 17.9 Å². The van der Waals surface area contributed by atoms with E-state index in [1.807, 2.05) is 0 Å². The molecule has 0 bridgehead atoms. The SMILES string of the molecule is COC(=O)C1CC(O)CN1S(=O)(=O)c1cccnc1. The standard InChI is InChI=1S/C11H14N2O5S/c1-18-11(15)10-5-8(14)7-13(10)19(16,17)9-3-2-4-12-6-9/h2-4,6,8,10,14H,5,7H2,1H3. The fraction of sp³-hybridized carbons (Fsp3) is 0.455. The molecule has 8 heteroatoms. The topological polar surface area (TPSA) is 96.8 Å². The van der Waals surface area contributed by atoms with Crippen LogP contribution in [0.15, 0.2) is 29.4 Å². The van der Waals surface area contributed by atoms with Gasteiger partial charge in [-0.2, -0.15) is 4.31 Å². The van der Waals surface area contributed by atoms with Crippen molar-refractivity contribution in [1.82, 2.24) is 9.29 Å². The molecule has 0 aromatic carbocycles. The normalized spacial score (nSPS) is 24.3. The van der Waals surface area contributed by atoms with Crippen LogP contribution in [0.3, 0.4) is 0 Å². The summed E-state index contributed by atoms with van der Waals surface area (Å²) in [5.41, 5.74) is 0. The predicted octanol–water partition coefficient (Wildman–Crippen LogP) is -0.622. The highest BCUT2D eigenvalue weighted by molar-refractivity contribution is 7.89. The minimum atomic E-state index is -3.87. The summed E-state index contributed by atoms with van der Waals surface area (Å²) in [5, 5.41) is 9.60. The molecule has 19 heavy (non-hydrogen) atoms. The highest BCUT2D eigenvalue weighted by atomic mass is 32.2. The first-order valence-corrected chi connectivity index (χ1v) is 7.08. The first kappa shape index (κ1) is 13.9. The van der Waals surface area contributed by atoms with Crippen molar-refractivity contribution in [3.8, 4) is 0 Å². The smallest absolute Gasteiger partial charge is 0.324 e. The molecule has 0 spiro atoms. The molecular formula is C11H14N2O5S. The summed E-state index contributed by atoms with van der Waals surface area (Å²) in [7, 11) is -2.68. The summed E-state index contributed by atoms with van der Waals surface area (Å²) in [5.74, 6) is -0.677. The maximum absolute atomic E-state index is 12.4. The Bertz CT molecular complexity index is 560. The lowest BCUT2D eigenvalue weighted by Gasteiger charge is -2.21. The molecule has 2 rings (SSSR count). The molecule has 1 N–H and O–H groups in total. The predicted molar refractivity (Wildman–Crippen MR) is 64.6 cm³/mol. The molecule has 1 saturated heterocycles. The Morgan fingerprint density at radius 2 is 2.32 bits per heavy atom. The van der Waals surface area contributed by atoms with Crippen molar-refractivity contribution >= 4 is 16.0 Å². The minimum absolute atomic E-state index is 0.0157. The Morgan fingerprint density at radius 1 is 1.58 bits per heavy atom. The minimum Gasteiger partial charge on any atom is -0.468 e. The van der Waals surface area contributed by atoms with Crippen LogP contribution in [0, 0.1) is 0 Å². The molecule has 2 unspecified atom stereocenters. The molecule has 0 saturated carbocycles. The second-order valence-electron chi connectivity index (χ2n) is 4.19. The summed E-state index contributed by atoms with van der Waals surface area (Å²) in [4.78, 5) is 15.3. The second kappa shape index (κ2) is 5.24. The number of aliphatic hydroxyl groups is 1. The molecule has 1 fully saturated rings. The number of aromatic nitrogens is 1. The second-order valence-corrected chi connectivity index (χ2v) is 6.08. The van der Waals surface area contributed by atoms with Crippen LogP contribution < -0.4 is 0 Å². The number of methoxy groups -OCH3 is 1. The molecule has 1 aromatic rings. The number of sulfonamides is 1. The summed E-state index contributed by atoms with van der Waals surface area (Å²) >= 11 is 0. The van der Waals surface area contributed by atoms with Crippen LogP contribution in [0.2, 0.25) is 0 Å². The van der Waals surface area contributed by atoms with E-state index in [2.05, 4.69) is 9.72 Å². The van der Waals surface area contributed by atoms with E-state index in [1.54, 1.807) is 0 Å². The lowest BCUT2D eigenvalue weighted by Crippen LogP contribution is -2.41. The van der Waals surface area contributed by atoms with Crippen LogP contribution in [0.5, 0.6) is 0 Å². The Labute approximate surface area is 110 Å². The maximum atomic E-state index is 12.4. The quantitative estimate of drug-likeness (QED) is 0.744. The van der Waals surface area contributed by atoms with E-state index in [0.29, 0.717) is 0 Å². The zero-order valence-electron chi connectivity index (χ0n) is 10.3. The van der Waals surface area contributed by atoms with Crippen molar-refractivity contribution in [2.24, 2.45) is 0 Å². The lowest BCUT2D eigenvalue weighted by molar-refractivity contribution is -0.144. The van der Waals surface area contributed by atoms with Crippen LogP contribution in [-0.2, 0) is 19.6 Å². The molecule has 1 aliphatic heterocycles. The molecular weight excluding hydrogens is 272 g/mol. The Hall–Kier alpha value is -1.51. The van der Waals surface area contributed by atoms with E-state index >= 15 is 0 Å². The molecule has 7 nitrogen and oxygen atoms in total. The summed E-state index contributed by atoms with van der Waals surface area (Å²) < 4.78 is 30.3. The van der Waals surface area contributed by atoms with E-state index in [9.17, 15) is 18.3 Å². The number of nitrogens with zero attached hydrogens (tertiary/aromatic N) is 2. The highest BCUT2D eigenvalue weighted by Gasteiger charge is 2.44. The molecule has 2 atom stereocenters. The zero-order chi connectivity index (χ0) is 14.0. The Morgan fingerprint density at radius 3 is 2.89 bits per heavy atom. The number of rotatable bonds is 3. The van der Waals surface area contributed by atoms with Gasteiger partial charge in [0.25, 0.3) is 0 Å². The van der Waals surface area contributed by atoms with Crippen LogP contribution in [0.1, 0.15) is 6.42 Å². The molecule has 104 valence electrons. The Kier molecular flexibility index (Phi) is 3.83. The first-order valence-electron chi connectivity index (χ1n) is 5.64.